The van der Waals surface area contributed by atoms with E-state index in [1.807, 2.05) is 13.8 Å². The summed E-state index contributed by atoms with van der Waals surface area (Å²) in [6.45, 7) is 4.10. The second-order valence-electron chi connectivity index (χ2n) is 8.49. The Kier molecular flexibility index (Phi) is 7.22. The molecule has 2 nitrogen and oxygen atoms in total. The normalized spacial score (nSPS) is 14.6. The predicted molar refractivity (Wildman–Crippen MR) is 137 cm³/mol. The molecule has 3 aromatic rings. The van der Waals surface area contributed by atoms with Gasteiger partial charge in [0.25, 0.3) is 0 Å². The smallest absolute Gasteiger partial charge is 0.333 e. The fourth-order valence-corrected chi connectivity index (χ4v) is 8.57. The van der Waals surface area contributed by atoms with Gasteiger partial charge in [-0.1, -0.05) is 55.0 Å². The van der Waals surface area contributed by atoms with Gasteiger partial charge in [0.2, 0.25) is 0 Å². The summed E-state index contributed by atoms with van der Waals surface area (Å²) < 4.78 is 5.25. The Morgan fingerprint density at radius 2 is 1.41 bits per heavy atom. The highest BCUT2D eigenvalue weighted by Gasteiger charge is 2.44. The third-order valence-corrected chi connectivity index (χ3v) is 10.8. The molecule has 1 fully saturated rings. The third kappa shape index (κ3) is 4.57. The summed E-state index contributed by atoms with van der Waals surface area (Å²) in [4.78, 5) is 12.4. The number of allylic oxidation sites excluding steroid dienone is 1. The maximum absolute atomic E-state index is 12.4. The first-order chi connectivity index (χ1) is 15.6. The first kappa shape index (κ1) is 22.5. The monoisotopic (exact) mass is 443 g/mol. The standard InChI is InChI=1S/C29H32O2P/c1-3-31-29(30)23(2)21-22-32(26-13-6-4-7-14-26,27-15-8-5-9-16-27)28-19-17-25(18-20-28)24-11-10-12-24/h4-9,13-21,24H,3,10-12,22H2,1-2H3/q+1/b23-21+. The van der Waals surface area contributed by atoms with Crippen LogP contribution in [-0.2, 0) is 9.53 Å². The van der Waals surface area contributed by atoms with E-state index >= 15 is 0 Å². The van der Waals surface area contributed by atoms with Crippen LogP contribution >= 0.6 is 7.26 Å². The number of ether oxygens (including phenoxy) is 1. The first-order valence-corrected chi connectivity index (χ1v) is 13.6. The molecule has 0 unspecified atom stereocenters. The van der Waals surface area contributed by atoms with Crippen molar-refractivity contribution in [1.82, 2.24) is 0 Å². The van der Waals surface area contributed by atoms with Crippen molar-refractivity contribution in [3.8, 4) is 0 Å². The predicted octanol–water partition coefficient (Wildman–Crippen LogP) is 5.76. The van der Waals surface area contributed by atoms with Gasteiger partial charge in [-0.25, -0.2) is 4.79 Å². The summed E-state index contributed by atoms with van der Waals surface area (Å²) in [5.41, 5.74) is 2.13. The van der Waals surface area contributed by atoms with E-state index in [4.69, 9.17) is 4.74 Å². The Balaban J connectivity index is 1.85. The van der Waals surface area contributed by atoms with Gasteiger partial charge < -0.3 is 4.74 Å². The average Bonchev–Trinajstić information content (AvgIpc) is 2.81. The van der Waals surface area contributed by atoms with Gasteiger partial charge >= 0.3 is 5.97 Å². The average molecular weight is 444 g/mol. The van der Waals surface area contributed by atoms with E-state index < -0.39 is 7.26 Å². The molecule has 4 rings (SSSR count). The Hall–Kier alpha value is -2.70. The van der Waals surface area contributed by atoms with Gasteiger partial charge in [0, 0.05) is 5.57 Å². The molecule has 164 valence electrons. The molecule has 3 aromatic carbocycles. The van der Waals surface area contributed by atoms with Gasteiger partial charge in [-0.3, -0.25) is 0 Å². The van der Waals surface area contributed by atoms with Gasteiger partial charge in [-0.2, -0.15) is 0 Å². The Morgan fingerprint density at radius 3 is 1.88 bits per heavy atom. The molecule has 0 aliphatic heterocycles. The SMILES string of the molecule is CCOC(=O)/C(C)=C/C[P+](c1ccccc1)(c1ccccc1)c1ccc(C2CCC2)cc1. The number of carbonyl (C=O) groups excluding carboxylic acids is 1. The highest BCUT2D eigenvalue weighted by Crippen LogP contribution is 2.55. The quantitative estimate of drug-likeness (QED) is 0.251. The van der Waals surface area contributed by atoms with Crippen molar-refractivity contribution in [2.24, 2.45) is 0 Å². The van der Waals surface area contributed by atoms with Crippen LogP contribution in [0.4, 0.5) is 0 Å². The van der Waals surface area contributed by atoms with Crippen molar-refractivity contribution in [1.29, 1.82) is 0 Å². The Labute approximate surface area is 192 Å². The summed E-state index contributed by atoms with van der Waals surface area (Å²) >= 11 is 0. The summed E-state index contributed by atoms with van der Waals surface area (Å²) in [5.74, 6) is 0.489. The molecule has 1 aliphatic carbocycles. The van der Waals surface area contributed by atoms with Crippen LogP contribution in [0.3, 0.4) is 0 Å². The number of esters is 1. The molecule has 1 saturated carbocycles. The van der Waals surface area contributed by atoms with E-state index in [1.54, 1.807) is 0 Å². The van der Waals surface area contributed by atoms with Crippen LogP contribution in [0.5, 0.6) is 0 Å². The molecule has 1 aliphatic rings. The van der Waals surface area contributed by atoms with Gasteiger partial charge in [0.05, 0.1) is 12.8 Å². The van der Waals surface area contributed by atoms with Crippen LogP contribution < -0.4 is 15.9 Å². The topological polar surface area (TPSA) is 26.3 Å². The molecular formula is C29H32O2P+. The molecule has 0 amide bonds. The minimum absolute atomic E-state index is 0.230. The number of rotatable bonds is 8. The van der Waals surface area contributed by atoms with Crippen molar-refractivity contribution in [2.75, 3.05) is 12.8 Å². The van der Waals surface area contributed by atoms with E-state index in [1.165, 1.54) is 40.7 Å². The van der Waals surface area contributed by atoms with Crippen LogP contribution in [-0.4, -0.2) is 18.7 Å². The van der Waals surface area contributed by atoms with Gasteiger partial charge in [0.1, 0.15) is 23.2 Å². The van der Waals surface area contributed by atoms with E-state index in [0.717, 1.165) is 12.1 Å². The number of hydrogen-bond donors (Lipinski definition) is 0. The van der Waals surface area contributed by atoms with Crippen molar-refractivity contribution in [3.05, 3.63) is 102 Å². The molecule has 0 spiro atoms. The fourth-order valence-electron chi connectivity index (χ4n) is 4.47. The molecule has 0 saturated heterocycles. The molecule has 0 heterocycles. The third-order valence-electron chi connectivity index (χ3n) is 6.57. The van der Waals surface area contributed by atoms with Crippen molar-refractivity contribution in [2.45, 2.75) is 39.0 Å². The second kappa shape index (κ2) is 10.3. The van der Waals surface area contributed by atoms with Crippen molar-refractivity contribution in [3.63, 3.8) is 0 Å². The Bertz CT molecular complexity index is 1010. The van der Waals surface area contributed by atoms with Crippen LogP contribution in [0.15, 0.2) is 96.6 Å². The molecule has 0 bridgehead atoms. The van der Waals surface area contributed by atoms with Crippen LogP contribution in [0.2, 0.25) is 0 Å². The number of carbonyl (C=O) groups is 1. The lowest BCUT2D eigenvalue weighted by atomic mass is 9.80. The minimum Gasteiger partial charge on any atom is -0.463 e. The second-order valence-corrected chi connectivity index (χ2v) is 12.0. The zero-order valence-corrected chi connectivity index (χ0v) is 19.9. The molecule has 0 atom stereocenters. The summed E-state index contributed by atoms with van der Waals surface area (Å²) in [6, 6.07) is 31.0. The van der Waals surface area contributed by atoms with Gasteiger partial charge in [0.15, 0.2) is 0 Å². The Morgan fingerprint density at radius 1 is 0.875 bits per heavy atom. The lowest BCUT2D eigenvalue weighted by Crippen LogP contribution is -2.33. The van der Waals surface area contributed by atoms with Crippen molar-refractivity contribution >= 4 is 29.1 Å². The highest BCUT2D eigenvalue weighted by molar-refractivity contribution is 7.95. The molecule has 32 heavy (non-hydrogen) atoms. The highest BCUT2D eigenvalue weighted by atomic mass is 31.2. The zero-order valence-electron chi connectivity index (χ0n) is 19.0. The first-order valence-electron chi connectivity index (χ1n) is 11.6. The van der Waals surface area contributed by atoms with E-state index in [-0.39, 0.29) is 5.97 Å². The molecule has 0 N–H and O–H groups in total. The maximum Gasteiger partial charge on any atom is 0.333 e. The summed E-state index contributed by atoms with van der Waals surface area (Å²) in [5, 5.41) is 4.01. The van der Waals surface area contributed by atoms with Crippen LogP contribution in [0.1, 0.15) is 44.6 Å². The van der Waals surface area contributed by atoms with Crippen LogP contribution in [0, 0.1) is 0 Å². The summed E-state index contributed by atoms with van der Waals surface area (Å²) in [6.07, 6.45) is 6.83. The molecule has 0 radical (unpaired) electrons. The van der Waals surface area contributed by atoms with E-state index in [9.17, 15) is 4.79 Å². The van der Waals surface area contributed by atoms with Crippen molar-refractivity contribution < 1.29 is 9.53 Å². The minimum atomic E-state index is -1.99. The summed E-state index contributed by atoms with van der Waals surface area (Å²) in [7, 11) is -1.99. The van der Waals surface area contributed by atoms with E-state index in [2.05, 4.69) is 91.0 Å². The number of hydrogen-bond acceptors (Lipinski definition) is 2. The van der Waals surface area contributed by atoms with E-state index in [0.29, 0.717) is 12.2 Å². The number of benzene rings is 3. The lowest BCUT2D eigenvalue weighted by Gasteiger charge is -2.29. The largest absolute Gasteiger partial charge is 0.463 e. The molecule has 3 heteroatoms. The van der Waals surface area contributed by atoms with Gasteiger partial charge in [-0.05, 0) is 80.6 Å². The van der Waals surface area contributed by atoms with Gasteiger partial charge in [-0.15, -0.1) is 0 Å². The zero-order chi connectivity index (χ0) is 22.4. The maximum atomic E-state index is 12.4. The van der Waals surface area contributed by atoms with Crippen LogP contribution in [0.25, 0.3) is 0 Å². The fraction of sp³-hybridized carbons (Fsp3) is 0.276. The lowest BCUT2D eigenvalue weighted by molar-refractivity contribution is -0.138. The molecular weight excluding hydrogens is 411 g/mol. The molecule has 0 aromatic heterocycles.